The van der Waals surface area contributed by atoms with Crippen LogP contribution in [0.3, 0.4) is 0 Å². The van der Waals surface area contributed by atoms with E-state index in [9.17, 15) is 26.4 Å². The molecule has 1 aromatic heterocycles. The minimum atomic E-state index is -3.41. The first kappa shape index (κ1) is 25.5. The molecule has 9 nitrogen and oxygen atoms in total. The number of sulfone groups is 1. The smallest absolute Gasteiger partial charge is 0.410 e. The summed E-state index contributed by atoms with van der Waals surface area (Å²) in [5.41, 5.74) is 0. The van der Waals surface area contributed by atoms with Crippen LogP contribution >= 0.6 is 0 Å². The van der Waals surface area contributed by atoms with Crippen molar-refractivity contribution in [2.75, 3.05) is 26.0 Å². The highest BCUT2D eigenvalue weighted by Gasteiger charge is 2.32. The third-order valence-electron chi connectivity index (χ3n) is 5.66. The normalized spacial score (nSPS) is 23.4. The summed E-state index contributed by atoms with van der Waals surface area (Å²) in [6, 6.07) is 0. The van der Waals surface area contributed by atoms with Crippen LogP contribution in [0.1, 0.15) is 38.5 Å². The zero-order chi connectivity index (χ0) is 24.0. The molecule has 1 aliphatic heterocycles. The van der Waals surface area contributed by atoms with E-state index in [0.717, 1.165) is 31.9 Å². The molecule has 2 heterocycles. The first-order chi connectivity index (χ1) is 15.7. The Bertz CT molecular complexity index is 874. The second kappa shape index (κ2) is 11.3. The molecule has 186 valence electrons. The summed E-state index contributed by atoms with van der Waals surface area (Å²) in [6.45, 7) is -0.827. The van der Waals surface area contributed by atoms with Crippen molar-refractivity contribution in [2.24, 2.45) is 0 Å². The Balaban J connectivity index is 1.36. The molecule has 0 N–H and O–H groups in total. The average Bonchev–Trinajstić information content (AvgIpc) is 2.78. The molecule has 2 fully saturated rings. The van der Waals surface area contributed by atoms with Crippen LogP contribution in [0.4, 0.5) is 18.0 Å². The molecular weight excluding hydrogens is 467 g/mol. The van der Waals surface area contributed by atoms with E-state index < -0.39 is 35.1 Å². The van der Waals surface area contributed by atoms with Crippen molar-refractivity contribution >= 4 is 15.9 Å². The lowest BCUT2D eigenvalue weighted by molar-refractivity contribution is -0.0725. The summed E-state index contributed by atoms with van der Waals surface area (Å²) in [5, 5.41) is -0.109. The Morgan fingerprint density at radius 2 is 1.67 bits per heavy atom. The maximum Gasteiger partial charge on any atom is 0.410 e. The fourth-order valence-electron chi connectivity index (χ4n) is 3.81. The van der Waals surface area contributed by atoms with Crippen molar-refractivity contribution in [3.63, 3.8) is 0 Å². The molecular formula is C20H28F3N3O6S. The van der Waals surface area contributed by atoms with Crippen LogP contribution < -0.4 is 4.74 Å². The van der Waals surface area contributed by atoms with E-state index in [1.165, 1.54) is 17.3 Å². The van der Waals surface area contributed by atoms with E-state index in [1.54, 1.807) is 0 Å². The van der Waals surface area contributed by atoms with Gasteiger partial charge in [0.1, 0.15) is 12.8 Å². The van der Waals surface area contributed by atoms with Gasteiger partial charge in [-0.25, -0.2) is 36.4 Å². The molecule has 13 heteroatoms. The largest absolute Gasteiger partial charge is 0.473 e. The third-order valence-corrected chi connectivity index (χ3v) is 6.63. The Morgan fingerprint density at radius 3 is 2.18 bits per heavy atom. The van der Waals surface area contributed by atoms with Crippen LogP contribution in [0.2, 0.25) is 0 Å². The number of carbonyl (C=O) groups is 1. The van der Waals surface area contributed by atoms with E-state index in [1.807, 2.05) is 0 Å². The maximum absolute atomic E-state index is 12.6. The summed E-state index contributed by atoms with van der Waals surface area (Å²) in [4.78, 5) is 21.1. The molecule has 0 spiro atoms. The molecule has 3 rings (SSSR count). The summed E-state index contributed by atoms with van der Waals surface area (Å²) >= 11 is 0. The highest BCUT2D eigenvalue weighted by Crippen LogP contribution is 2.27. The lowest BCUT2D eigenvalue weighted by atomic mass is 9.94. The van der Waals surface area contributed by atoms with E-state index in [0.29, 0.717) is 25.9 Å². The summed E-state index contributed by atoms with van der Waals surface area (Å²) in [7, 11) is -3.41. The number of carbonyl (C=O) groups excluding carboxylic acids is 1. The lowest BCUT2D eigenvalue weighted by Crippen LogP contribution is -2.44. The van der Waals surface area contributed by atoms with Gasteiger partial charge in [-0.15, -0.1) is 0 Å². The van der Waals surface area contributed by atoms with Crippen LogP contribution in [0.25, 0.3) is 0 Å². The predicted molar refractivity (Wildman–Crippen MR) is 110 cm³/mol. The van der Waals surface area contributed by atoms with Crippen LogP contribution in [-0.4, -0.2) is 86.2 Å². The van der Waals surface area contributed by atoms with E-state index >= 15 is 0 Å². The number of nitrogens with zero attached hydrogens (tertiary/aromatic N) is 3. The van der Waals surface area contributed by atoms with E-state index in [2.05, 4.69) is 14.7 Å². The predicted octanol–water partition coefficient (Wildman–Crippen LogP) is 2.79. The second-order valence-corrected chi connectivity index (χ2v) is 10.2. The van der Waals surface area contributed by atoms with Gasteiger partial charge in [-0.2, -0.15) is 0 Å². The third kappa shape index (κ3) is 7.42. The van der Waals surface area contributed by atoms with Gasteiger partial charge in [0.05, 0.1) is 24.6 Å². The lowest BCUT2D eigenvalue weighted by Gasteiger charge is -2.36. The molecule has 33 heavy (non-hydrogen) atoms. The van der Waals surface area contributed by atoms with Crippen LogP contribution in [0, 0.1) is 0 Å². The second-order valence-electron chi connectivity index (χ2n) is 8.22. The number of ether oxygens (including phenoxy) is 3. The average molecular weight is 496 g/mol. The van der Waals surface area contributed by atoms with Crippen LogP contribution in [0.15, 0.2) is 17.4 Å². The number of amides is 1. The molecule has 2 aliphatic rings. The fourth-order valence-corrected chi connectivity index (χ4v) is 4.30. The van der Waals surface area contributed by atoms with Gasteiger partial charge in [-0.3, -0.25) is 0 Å². The molecule has 1 saturated carbocycles. The van der Waals surface area contributed by atoms with Crippen molar-refractivity contribution in [2.45, 2.75) is 74.4 Å². The Kier molecular flexibility index (Phi) is 8.74. The fraction of sp³-hybridized carbons (Fsp3) is 0.750. The molecule has 1 aromatic rings. The Morgan fingerprint density at radius 1 is 1.06 bits per heavy atom. The van der Waals surface area contributed by atoms with Crippen molar-refractivity contribution in [1.82, 2.24) is 14.9 Å². The van der Waals surface area contributed by atoms with Gasteiger partial charge < -0.3 is 19.1 Å². The van der Waals surface area contributed by atoms with Crippen molar-refractivity contribution < 1.29 is 40.6 Å². The first-order valence-electron chi connectivity index (χ1n) is 10.8. The number of rotatable bonds is 8. The van der Waals surface area contributed by atoms with Gasteiger partial charge in [0.25, 0.3) is 6.43 Å². The summed E-state index contributed by atoms with van der Waals surface area (Å²) in [6.07, 6.45) is 1.54. The zero-order valence-corrected chi connectivity index (χ0v) is 19.1. The molecule has 1 unspecified atom stereocenters. The van der Waals surface area contributed by atoms with E-state index in [4.69, 9.17) is 9.47 Å². The highest BCUT2D eigenvalue weighted by atomic mass is 32.2. The zero-order valence-electron chi connectivity index (χ0n) is 18.2. The summed E-state index contributed by atoms with van der Waals surface area (Å²) < 4.78 is 77.0. The molecule has 0 radical (unpaired) electrons. The van der Waals surface area contributed by atoms with Gasteiger partial charge in [0, 0.05) is 19.3 Å². The van der Waals surface area contributed by atoms with Crippen LogP contribution in [0.5, 0.6) is 5.88 Å². The Hall–Kier alpha value is -2.15. The van der Waals surface area contributed by atoms with Gasteiger partial charge in [-0.05, 0) is 38.5 Å². The van der Waals surface area contributed by atoms with Gasteiger partial charge in [-0.1, -0.05) is 0 Å². The van der Waals surface area contributed by atoms with Crippen LogP contribution in [-0.2, 0) is 19.3 Å². The van der Waals surface area contributed by atoms with Gasteiger partial charge >= 0.3 is 6.09 Å². The minimum Gasteiger partial charge on any atom is -0.473 e. The molecule has 1 amide bonds. The number of hydrogen-bond donors (Lipinski definition) is 0. The molecule has 1 aliphatic carbocycles. The molecule has 0 aromatic carbocycles. The van der Waals surface area contributed by atoms with Gasteiger partial charge in [0.2, 0.25) is 5.88 Å². The van der Waals surface area contributed by atoms with Crippen molar-refractivity contribution in [3.8, 4) is 5.88 Å². The summed E-state index contributed by atoms with van der Waals surface area (Å²) in [5.74, 6) is 0.271. The standard InChI is InChI=1S/C20H28F3N3O6S/c1-33(28,29)18-12-24-17(11-25-18)31-14-4-2-13(3-5-14)30-15-6-8-26(9-7-15)20(27)32-16(10-21)19(22)23/h11-16,19H,2-10H2,1H3. The topological polar surface area (TPSA) is 108 Å². The van der Waals surface area contributed by atoms with Crippen molar-refractivity contribution in [1.29, 1.82) is 0 Å². The highest BCUT2D eigenvalue weighted by molar-refractivity contribution is 7.90. The monoisotopic (exact) mass is 495 g/mol. The number of likely N-dealkylation sites (tertiary alicyclic amines) is 1. The quantitative estimate of drug-likeness (QED) is 0.542. The minimum absolute atomic E-state index is 0.0433. The number of alkyl halides is 3. The molecule has 1 saturated heterocycles. The Labute approximate surface area is 190 Å². The molecule has 0 bridgehead atoms. The SMILES string of the molecule is CS(=O)(=O)c1cnc(OC2CCC(OC3CCN(C(=O)OC(CF)C(F)F)CC3)CC2)cn1. The maximum atomic E-state index is 12.6. The number of piperidine rings is 1. The van der Waals surface area contributed by atoms with Crippen molar-refractivity contribution in [3.05, 3.63) is 12.4 Å². The van der Waals surface area contributed by atoms with Gasteiger partial charge in [0.15, 0.2) is 21.0 Å². The first-order valence-corrected chi connectivity index (χ1v) is 12.7. The van der Waals surface area contributed by atoms with E-state index in [-0.39, 0.29) is 29.2 Å². The number of halogens is 3. The number of aromatic nitrogens is 2. The molecule has 1 atom stereocenters. The number of hydrogen-bond acceptors (Lipinski definition) is 8.